The van der Waals surface area contributed by atoms with Crippen LogP contribution in [0.25, 0.3) is 0 Å². The van der Waals surface area contributed by atoms with Gasteiger partial charge in [0, 0.05) is 0 Å². The quantitative estimate of drug-likeness (QED) is 0.531. The molecule has 0 aromatic heterocycles. The topological polar surface area (TPSA) is 111 Å². The minimum atomic E-state index is -0.799. The van der Waals surface area contributed by atoms with Gasteiger partial charge in [-0.2, -0.15) is 11.8 Å². The van der Waals surface area contributed by atoms with E-state index in [1.807, 2.05) is 50.4 Å². The molecule has 0 radical (unpaired) electrons. The van der Waals surface area contributed by atoms with Gasteiger partial charge in [-0.3, -0.25) is 9.59 Å². The minimum absolute atomic E-state index is 0.0994. The molecule has 150 valence electrons. The van der Waals surface area contributed by atoms with E-state index in [1.165, 1.54) is 0 Å². The Morgan fingerprint density at radius 1 is 1.19 bits per heavy atom. The second-order valence-corrected chi connectivity index (χ2v) is 7.30. The zero-order chi connectivity index (χ0) is 20.2. The van der Waals surface area contributed by atoms with E-state index >= 15 is 0 Å². The van der Waals surface area contributed by atoms with Crippen LogP contribution in [0.1, 0.15) is 32.3 Å². The Hall–Kier alpha value is -2.22. The third kappa shape index (κ3) is 8.34. The molecule has 7 nitrogen and oxygen atoms in total. The lowest BCUT2D eigenvalue weighted by molar-refractivity contribution is -0.129. The second-order valence-electron chi connectivity index (χ2n) is 6.31. The molecule has 0 heterocycles. The fourth-order valence-corrected chi connectivity index (χ4v) is 2.87. The van der Waals surface area contributed by atoms with E-state index in [2.05, 4.69) is 10.6 Å². The molecule has 1 rings (SSSR count). The van der Waals surface area contributed by atoms with Crippen molar-refractivity contribution >= 4 is 29.7 Å². The van der Waals surface area contributed by atoms with Gasteiger partial charge in [0.25, 0.3) is 0 Å². The summed E-state index contributed by atoms with van der Waals surface area (Å²) in [7, 11) is 0. The molecule has 0 saturated heterocycles. The average molecular weight is 396 g/mol. The predicted molar refractivity (Wildman–Crippen MR) is 107 cm³/mol. The minimum Gasteiger partial charge on any atom is -0.445 e. The monoisotopic (exact) mass is 395 g/mol. The summed E-state index contributed by atoms with van der Waals surface area (Å²) < 4.78 is 5.18. The molecule has 3 atom stereocenters. The van der Waals surface area contributed by atoms with E-state index in [0.717, 1.165) is 5.56 Å². The standard InChI is InChI=1S/C19H29N3O4S/c1-4-13(2)16(17(20)23)22-18(24)15(10-11-27-3)21-19(25)26-12-14-8-6-5-7-9-14/h5-9,13,15-16H,4,10-12H2,1-3H3,(H2,20,23)(H,21,25)(H,22,24)/t13-,15-,16-/m0/s1. The molecule has 27 heavy (non-hydrogen) atoms. The maximum atomic E-state index is 12.6. The van der Waals surface area contributed by atoms with Crippen molar-refractivity contribution in [2.75, 3.05) is 12.0 Å². The Bertz CT molecular complexity index is 612. The van der Waals surface area contributed by atoms with Crippen LogP contribution < -0.4 is 16.4 Å². The molecule has 1 aromatic rings. The van der Waals surface area contributed by atoms with Gasteiger partial charge in [-0.15, -0.1) is 0 Å². The number of alkyl carbamates (subject to hydrolysis) is 1. The summed E-state index contributed by atoms with van der Waals surface area (Å²) in [6.45, 7) is 3.87. The van der Waals surface area contributed by atoms with Gasteiger partial charge in [-0.1, -0.05) is 50.6 Å². The Balaban J connectivity index is 2.68. The summed E-state index contributed by atoms with van der Waals surface area (Å²) in [6.07, 6.45) is 2.34. The number of ether oxygens (including phenoxy) is 1. The van der Waals surface area contributed by atoms with Crippen LogP contribution in [0.2, 0.25) is 0 Å². The van der Waals surface area contributed by atoms with Crippen LogP contribution in [0.15, 0.2) is 30.3 Å². The maximum absolute atomic E-state index is 12.6. The Labute approximate surface area is 164 Å². The van der Waals surface area contributed by atoms with E-state index in [9.17, 15) is 14.4 Å². The molecule has 0 unspecified atom stereocenters. The fraction of sp³-hybridized carbons (Fsp3) is 0.526. The summed E-state index contributed by atoms with van der Waals surface area (Å²) in [6, 6.07) is 7.68. The molecule has 3 amide bonds. The number of nitrogens with two attached hydrogens (primary N) is 1. The Kier molecular flexibility index (Phi) is 10.3. The van der Waals surface area contributed by atoms with Crippen molar-refractivity contribution in [3.63, 3.8) is 0 Å². The lowest BCUT2D eigenvalue weighted by atomic mass is 9.98. The lowest BCUT2D eigenvalue weighted by Gasteiger charge is -2.24. The van der Waals surface area contributed by atoms with E-state index in [4.69, 9.17) is 10.5 Å². The van der Waals surface area contributed by atoms with Crippen molar-refractivity contribution in [3.8, 4) is 0 Å². The molecule has 1 aromatic carbocycles. The summed E-state index contributed by atoms with van der Waals surface area (Å²) in [5.41, 5.74) is 6.26. The average Bonchev–Trinajstić information content (AvgIpc) is 2.67. The van der Waals surface area contributed by atoms with Crippen molar-refractivity contribution in [3.05, 3.63) is 35.9 Å². The number of amides is 3. The number of carbonyl (C=O) groups is 3. The Morgan fingerprint density at radius 3 is 2.41 bits per heavy atom. The summed E-state index contributed by atoms with van der Waals surface area (Å²) in [5, 5.41) is 5.25. The SMILES string of the molecule is CC[C@H](C)[C@H](NC(=O)[C@H](CCSC)NC(=O)OCc1ccccc1)C(N)=O. The highest BCUT2D eigenvalue weighted by atomic mass is 32.2. The first-order valence-electron chi connectivity index (χ1n) is 8.94. The third-order valence-electron chi connectivity index (χ3n) is 4.25. The van der Waals surface area contributed by atoms with Gasteiger partial charge in [0.1, 0.15) is 18.7 Å². The van der Waals surface area contributed by atoms with Crippen LogP contribution in [0, 0.1) is 5.92 Å². The van der Waals surface area contributed by atoms with Gasteiger partial charge in [0.05, 0.1) is 0 Å². The number of hydrogen-bond donors (Lipinski definition) is 3. The number of benzene rings is 1. The lowest BCUT2D eigenvalue weighted by Crippen LogP contribution is -2.55. The normalized spacial score (nSPS) is 13.9. The van der Waals surface area contributed by atoms with Crippen molar-refractivity contribution in [2.45, 2.75) is 45.4 Å². The van der Waals surface area contributed by atoms with Crippen molar-refractivity contribution < 1.29 is 19.1 Å². The van der Waals surface area contributed by atoms with Gasteiger partial charge in [-0.25, -0.2) is 4.79 Å². The van der Waals surface area contributed by atoms with Crippen molar-refractivity contribution in [1.82, 2.24) is 10.6 Å². The first-order valence-corrected chi connectivity index (χ1v) is 10.3. The number of nitrogens with one attached hydrogen (secondary N) is 2. The second kappa shape index (κ2) is 12.2. The summed E-state index contributed by atoms with van der Waals surface area (Å²) in [5.74, 6) is -0.461. The number of rotatable bonds is 11. The molecule has 0 bridgehead atoms. The molecule has 0 saturated carbocycles. The van der Waals surface area contributed by atoms with Gasteiger partial charge in [0.2, 0.25) is 11.8 Å². The zero-order valence-electron chi connectivity index (χ0n) is 16.1. The van der Waals surface area contributed by atoms with Crippen LogP contribution in [0.4, 0.5) is 4.79 Å². The smallest absolute Gasteiger partial charge is 0.408 e. The summed E-state index contributed by atoms with van der Waals surface area (Å²) in [4.78, 5) is 36.3. The number of thioether (sulfide) groups is 1. The van der Waals surface area contributed by atoms with Crippen molar-refractivity contribution in [2.24, 2.45) is 11.7 Å². The maximum Gasteiger partial charge on any atom is 0.408 e. The number of hydrogen-bond acceptors (Lipinski definition) is 5. The van der Waals surface area contributed by atoms with Gasteiger partial charge >= 0.3 is 6.09 Å². The van der Waals surface area contributed by atoms with Crippen LogP contribution in [0.5, 0.6) is 0 Å². The fourth-order valence-electron chi connectivity index (χ4n) is 2.39. The molecule has 4 N–H and O–H groups in total. The zero-order valence-corrected chi connectivity index (χ0v) is 16.9. The molecule has 0 aliphatic rings. The molecule has 0 spiro atoms. The van der Waals surface area contributed by atoms with Crippen LogP contribution in [-0.2, 0) is 20.9 Å². The highest BCUT2D eigenvalue weighted by molar-refractivity contribution is 7.98. The van der Waals surface area contributed by atoms with Gasteiger partial charge < -0.3 is 21.1 Å². The first-order chi connectivity index (χ1) is 12.9. The summed E-state index contributed by atoms with van der Waals surface area (Å²) >= 11 is 1.56. The number of primary amides is 1. The van der Waals surface area contributed by atoms with E-state index < -0.39 is 30.0 Å². The molecule has 0 fully saturated rings. The number of carbonyl (C=O) groups excluding carboxylic acids is 3. The highest BCUT2D eigenvalue weighted by Gasteiger charge is 2.28. The van der Waals surface area contributed by atoms with Gasteiger partial charge in [0.15, 0.2) is 0 Å². The molecule has 8 heteroatoms. The largest absolute Gasteiger partial charge is 0.445 e. The van der Waals surface area contributed by atoms with Crippen LogP contribution >= 0.6 is 11.8 Å². The van der Waals surface area contributed by atoms with Gasteiger partial charge in [-0.05, 0) is 29.9 Å². The van der Waals surface area contributed by atoms with E-state index in [0.29, 0.717) is 18.6 Å². The molecule has 0 aliphatic heterocycles. The first kappa shape index (κ1) is 22.8. The van der Waals surface area contributed by atoms with Crippen LogP contribution in [0.3, 0.4) is 0 Å². The molecular formula is C19H29N3O4S. The van der Waals surface area contributed by atoms with Crippen molar-refractivity contribution in [1.29, 1.82) is 0 Å². The van der Waals surface area contributed by atoms with E-state index in [1.54, 1.807) is 11.8 Å². The van der Waals surface area contributed by atoms with E-state index in [-0.39, 0.29) is 12.5 Å². The molecule has 0 aliphatic carbocycles. The predicted octanol–water partition coefficient (Wildman–Crippen LogP) is 2.05. The third-order valence-corrected chi connectivity index (χ3v) is 4.89. The molecular weight excluding hydrogens is 366 g/mol. The Morgan fingerprint density at radius 2 is 1.85 bits per heavy atom. The van der Waals surface area contributed by atoms with Crippen LogP contribution in [-0.4, -0.2) is 42.0 Å². The highest BCUT2D eigenvalue weighted by Crippen LogP contribution is 2.09.